The average molecular weight is 323 g/mol. The van der Waals surface area contributed by atoms with Crippen molar-refractivity contribution in [3.05, 3.63) is 53.9 Å². The number of hydrogen-bond acceptors (Lipinski definition) is 6. The molecule has 0 saturated carbocycles. The van der Waals surface area contributed by atoms with Crippen molar-refractivity contribution in [3.8, 4) is 11.4 Å². The van der Waals surface area contributed by atoms with Gasteiger partial charge in [0.15, 0.2) is 0 Å². The Kier molecular flexibility index (Phi) is 4.33. The van der Waals surface area contributed by atoms with E-state index in [0.29, 0.717) is 28.7 Å². The predicted octanol–water partition coefficient (Wildman–Crippen LogP) is 3.21. The first-order valence-electron chi connectivity index (χ1n) is 7.56. The van der Waals surface area contributed by atoms with Crippen molar-refractivity contribution >= 4 is 11.6 Å². The normalized spacial score (nSPS) is 10.8. The van der Waals surface area contributed by atoms with E-state index < -0.39 is 0 Å². The van der Waals surface area contributed by atoms with Crippen molar-refractivity contribution < 1.29 is 9.32 Å². The molecule has 1 aromatic carbocycles. The quantitative estimate of drug-likeness (QED) is 0.792. The molecule has 0 fully saturated rings. The monoisotopic (exact) mass is 323 g/mol. The lowest BCUT2D eigenvalue weighted by molar-refractivity contribution is 0.102. The van der Waals surface area contributed by atoms with Gasteiger partial charge in [0.05, 0.1) is 11.3 Å². The van der Waals surface area contributed by atoms with Gasteiger partial charge in [-0.3, -0.25) is 4.79 Å². The highest BCUT2D eigenvalue weighted by Gasteiger charge is 2.16. The molecule has 0 aliphatic carbocycles. The number of aromatic nitrogens is 4. The number of rotatable bonds is 4. The summed E-state index contributed by atoms with van der Waals surface area (Å²) in [5.41, 5.74) is 2.58. The number of aryl methyl sites for hydroxylation is 1. The van der Waals surface area contributed by atoms with Gasteiger partial charge in [0.1, 0.15) is 6.33 Å². The van der Waals surface area contributed by atoms with Gasteiger partial charge in [-0.05, 0) is 18.1 Å². The van der Waals surface area contributed by atoms with Crippen molar-refractivity contribution in [1.82, 2.24) is 20.1 Å². The van der Waals surface area contributed by atoms with E-state index in [1.54, 1.807) is 19.1 Å². The molecule has 0 spiro atoms. The molecule has 0 aliphatic heterocycles. The van der Waals surface area contributed by atoms with E-state index in [4.69, 9.17) is 4.52 Å². The summed E-state index contributed by atoms with van der Waals surface area (Å²) in [6.45, 7) is 5.70. The number of carbonyl (C=O) groups excluding carboxylic acids is 1. The Bertz CT molecular complexity index is 873. The molecule has 3 rings (SSSR count). The van der Waals surface area contributed by atoms with Crippen LogP contribution in [0.5, 0.6) is 0 Å². The van der Waals surface area contributed by atoms with Crippen molar-refractivity contribution in [2.24, 2.45) is 0 Å². The lowest BCUT2D eigenvalue weighted by Crippen LogP contribution is -2.16. The third kappa shape index (κ3) is 3.29. The van der Waals surface area contributed by atoms with Crippen LogP contribution in [0.15, 0.2) is 41.3 Å². The van der Waals surface area contributed by atoms with Crippen LogP contribution in [-0.2, 0) is 0 Å². The second-order valence-corrected chi connectivity index (χ2v) is 5.65. The fraction of sp³-hybridized carbons (Fsp3) is 0.235. The van der Waals surface area contributed by atoms with Gasteiger partial charge in [-0.15, -0.1) is 0 Å². The standard InChI is InChI=1S/C17H17N5O2/c1-10(2)15-14(8-18-9-19-15)17(23)21-13-6-4-5-12(7-13)16-20-11(3)24-22-16/h4-10H,1-3H3,(H,21,23). The topological polar surface area (TPSA) is 93.8 Å². The maximum atomic E-state index is 12.6. The van der Waals surface area contributed by atoms with Gasteiger partial charge in [0, 0.05) is 24.4 Å². The van der Waals surface area contributed by atoms with Gasteiger partial charge in [0.25, 0.3) is 5.91 Å². The zero-order valence-electron chi connectivity index (χ0n) is 13.6. The molecule has 7 nitrogen and oxygen atoms in total. The van der Waals surface area contributed by atoms with Crippen molar-refractivity contribution in [2.45, 2.75) is 26.7 Å². The first-order chi connectivity index (χ1) is 11.5. The number of benzene rings is 1. The molecule has 0 radical (unpaired) electrons. The Labute approximate surface area is 139 Å². The van der Waals surface area contributed by atoms with Crippen LogP contribution >= 0.6 is 0 Å². The van der Waals surface area contributed by atoms with E-state index in [1.807, 2.05) is 26.0 Å². The fourth-order valence-electron chi connectivity index (χ4n) is 2.33. The molecular formula is C17H17N5O2. The zero-order chi connectivity index (χ0) is 17.1. The summed E-state index contributed by atoms with van der Waals surface area (Å²) in [7, 11) is 0. The summed E-state index contributed by atoms with van der Waals surface area (Å²) in [5.74, 6) is 0.847. The molecule has 0 bridgehead atoms. The second kappa shape index (κ2) is 6.57. The molecule has 0 saturated heterocycles. The summed E-state index contributed by atoms with van der Waals surface area (Å²) in [4.78, 5) is 24.9. The van der Waals surface area contributed by atoms with E-state index >= 15 is 0 Å². The van der Waals surface area contributed by atoms with Crippen LogP contribution in [0.3, 0.4) is 0 Å². The molecule has 3 aromatic rings. The zero-order valence-corrected chi connectivity index (χ0v) is 13.6. The van der Waals surface area contributed by atoms with E-state index in [-0.39, 0.29) is 11.8 Å². The maximum Gasteiger partial charge on any atom is 0.259 e. The Balaban J connectivity index is 1.85. The molecule has 1 amide bonds. The second-order valence-electron chi connectivity index (χ2n) is 5.65. The Morgan fingerprint density at radius 2 is 2.12 bits per heavy atom. The predicted molar refractivity (Wildman–Crippen MR) is 88.5 cm³/mol. The minimum absolute atomic E-state index is 0.127. The number of nitrogens with zero attached hydrogens (tertiary/aromatic N) is 4. The Morgan fingerprint density at radius 1 is 1.29 bits per heavy atom. The molecule has 0 aliphatic rings. The highest BCUT2D eigenvalue weighted by atomic mass is 16.5. The van der Waals surface area contributed by atoms with Gasteiger partial charge in [-0.1, -0.05) is 31.1 Å². The van der Waals surface area contributed by atoms with Crippen LogP contribution < -0.4 is 5.32 Å². The molecule has 0 atom stereocenters. The van der Waals surface area contributed by atoms with Gasteiger partial charge in [-0.25, -0.2) is 9.97 Å². The minimum atomic E-state index is -0.249. The van der Waals surface area contributed by atoms with Crippen LogP contribution in [0.2, 0.25) is 0 Å². The first kappa shape index (κ1) is 15.8. The summed E-state index contributed by atoms with van der Waals surface area (Å²) in [5, 5.41) is 6.75. The average Bonchev–Trinajstić information content (AvgIpc) is 3.01. The van der Waals surface area contributed by atoms with E-state index in [2.05, 4.69) is 25.4 Å². The van der Waals surface area contributed by atoms with Gasteiger partial charge < -0.3 is 9.84 Å². The third-order valence-electron chi connectivity index (χ3n) is 3.44. The number of carbonyl (C=O) groups is 1. The van der Waals surface area contributed by atoms with Crippen LogP contribution in [0.1, 0.15) is 41.7 Å². The van der Waals surface area contributed by atoms with E-state index in [0.717, 1.165) is 5.56 Å². The lowest BCUT2D eigenvalue weighted by Gasteiger charge is -2.11. The number of amides is 1. The molecular weight excluding hydrogens is 306 g/mol. The molecule has 2 aromatic heterocycles. The smallest absolute Gasteiger partial charge is 0.259 e. The summed E-state index contributed by atoms with van der Waals surface area (Å²) >= 11 is 0. The Morgan fingerprint density at radius 3 is 2.83 bits per heavy atom. The van der Waals surface area contributed by atoms with Gasteiger partial charge >= 0.3 is 0 Å². The van der Waals surface area contributed by atoms with Crippen molar-refractivity contribution in [3.63, 3.8) is 0 Å². The number of anilines is 1. The molecule has 24 heavy (non-hydrogen) atoms. The third-order valence-corrected chi connectivity index (χ3v) is 3.44. The van der Waals surface area contributed by atoms with Crippen LogP contribution in [-0.4, -0.2) is 26.0 Å². The highest BCUT2D eigenvalue weighted by Crippen LogP contribution is 2.21. The highest BCUT2D eigenvalue weighted by molar-refractivity contribution is 6.05. The lowest BCUT2D eigenvalue weighted by atomic mass is 10.0. The first-order valence-corrected chi connectivity index (χ1v) is 7.56. The largest absolute Gasteiger partial charge is 0.339 e. The fourth-order valence-corrected chi connectivity index (χ4v) is 2.33. The summed E-state index contributed by atoms with van der Waals surface area (Å²) in [6, 6.07) is 7.26. The minimum Gasteiger partial charge on any atom is -0.339 e. The number of nitrogens with one attached hydrogen (secondary N) is 1. The van der Waals surface area contributed by atoms with Crippen LogP contribution in [0, 0.1) is 6.92 Å². The summed E-state index contributed by atoms with van der Waals surface area (Å²) in [6.07, 6.45) is 2.98. The SMILES string of the molecule is Cc1nc(-c2cccc(NC(=O)c3cncnc3C(C)C)c2)no1. The maximum absolute atomic E-state index is 12.6. The molecule has 2 heterocycles. The molecule has 0 unspecified atom stereocenters. The van der Waals surface area contributed by atoms with E-state index in [1.165, 1.54) is 12.5 Å². The van der Waals surface area contributed by atoms with Gasteiger partial charge in [-0.2, -0.15) is 4.98 Å². The van der Waals surface area contributed by atoms with Crippen LogP contribution in [0.25, 0.3) is 11.4 Å². The molecule has 7 heteroatoms. The number of hydrogen-bond donors (Lipinski definition) is 1. The van der Waals surface area contributed by atoms with Crippen molar-refractivity contribution in [2.75, 3.05) is 5.32 Å². The Hall–Kier alpha value is -3.09. The van der Waals surface area contributed by atoms with E-state index in [9.17, 15) is 4.79 Å². The van der Waals surface area contributed by atoms with Gasteiger partial charge in [0.2, 0.25) is 11.7 Å². The summed E-state index contributed by atoms with van der Waals surface area (Å²) < 4.78 is 4.99. The van der Waals surface area contributed by atoms with Crippen molar-refractivity contribution in [1.29, 1.82) is 0 Å². The molecule has 1 N–H and O–H groups in total. The molecule has 122 valence electrons. The van der Waals surface area contributed by atoms with Crippen LogP contribution in [0.4, 0.5) is 5.69 Å².